The van der Waals surface area contributed by atoms with Gasteiger partial charge in [0.25, 0.3) is 5.56 Å². The summed E-state index contributed by atoms with van der Waals surface area (Å²) in [5.74, 6) is -0.413. The number of aliphatic hydroxyl groups excluding tert-OH is 1. The highest BCUT2D eigenvalue weighted by atomic mass is 32.1. The van der Waals surface area contributed by atoms with E-state index < -0.39 is 0 Å². The van der Waals surface area contributed by atoms with Crippen LogP contribution in [0.3, 0.4) is 0 Å². The maximum atomic E-state index is 13.9. The van der Waals surface area contributed by atoms with E-state index in [4.69, 9.17) is 0 Å². The minimum absolute atomic E-state index is 0.0531. The quantitative estimate of drug-likeness (QED) is 0.712. The first-order chi connectivity index (χ1) is 16.7. The van der Waals surface area contributed by atoms with Crippen LogP contribution in [0.1, 0.15) is 60.8 Å². The lowest BCUT2D eigenvalue weighted by Gasteiger charge is -2.38. The zero-order chi connectivity index (χ0) is 23.2. The Bertz CT molecular complexity index is 1150. The molecule has 2 fully saturated rings. The largest absolute Gasteiger partial charge is 0.396 e. The molecule has 0 aromatic carbocycles. The molecule has 2 saturated heterocycles. The number of allylic oxidation sites excluding steroid dienone is 2. The molecule has 7 nitrogen and oxygen atoms in total. The molecule has 2 aromatic rings. The van der Waals surface area contributed by atoms with Crippen molar-refractivity contribution in [3.63, 3.8) is 0 Å². The Kier molecular flexibility index (Phi) is 5.91. The van der Waals surface area contributed by atoms with Crippen LogP contribution < -0.4 is 5.56 Å². The Morgan fingerprint density at radius 1 is 1.18 bits per heavy atom. The number of thiazole rings is 1. The van der Waals surface area contributed by atoms with E-state index in [9.17, 15) is 14.7 Å². The van der Waals surface area contributed by atoms with Gasteiger partial charge in [-0.15, -0.1) is 11.3 Å². The van der Waals surface area contributed by atoms with Crippen LogP contribution in [0.25, 0.3) is 5.57 Å². The van der Waals surface area contributed by atoms with Crippen LogP contribution in [-0.4, -0.2) is 56.1 Å². The van der Waals surface area contributed by atoms with Gasteiger partial charge in [0.1, 0.15) is 5.01 Å². The standard InChI is InChI=1S/C26H32N4O3S/c31-16-19-21-14-30-20(9-8-18(25(30)32)17-6-2-3-7-17)24(29(21)15-22-27-10-13-34-22)23(19)26(33)28-11-4-1-5-12-28/h6,8-10,13,19,21,23-24,31H,1-5,7,11-12,14-16H2/t19-,21-,23+,24+/m0/s1. The van der Waals surface area contributed by atoms with E-state index in [1.807, 2.05) is 27.1 Å². The number of amides is 1. The van der Waals surface area contributed by atoms with Gasteiger partial charge >= 0.3 is 0 Å². The number of aliphatic hydroxyl groups is 1. The number of rotatable bonds is 5. The van der Waals surface area contributed by atoms with Gasteiger partial charge in [-0.2, -0.15) is 0 Å². The third-order valence-corrected chi connectivity index (χ3v) is 9.08. The van der Waals surface area contributed by atoms with Gasteiger partial charge in [-0.25, -0.2) is 4.98 Å². The normalized spacial score (nSPS) is 28.7. The van der Waals surface area contributed by atoms with Crippen molar-refractivity contribution in [1.82, 2.24) is 19.4 Å². The van der Waals surface area contributed by atoms with Gasteiger partial charge in [0.2, 0.25) is 5.91 Å². The minimum atomic E-state index is -0.349. The van der Waals surface area contributed by atoms with Crippen molar-refractivity contribution in [2.24, 2.45) is 11.8 Å². The summed E-state index contributed by atoms with van der Waals surface area (Å²) >= 11 is 1.61. The summed E-state index contributed by atoms with van der Waals surface area (Å²) in [4.78, 5) is 36.4. The minimum Gasteiger partial charge on any atom is -0.396 e. The Labute approximate surface area is 203 Å². The van der Waals surface area contributed by atoms with Gasteiger partial charge in [0.05, 0.1) is 18.5 Å². The molecular weight excluding hydrogens is 448 g/mol. The number of aromatic nitrogens is 2. The molecule has 4 atom stereocenters. The second kappa shape index (κ2) is 9.06. The van der Waals surface area contributed by atoms with Crippen molar-refractivity contribution in [3.05, 3.63) is 56.4 Å². The Morgan fingerprint density at radius 3 is 2.74 bits per heavy atom. The summed E-state index contributed by atoms with van der Waals surface area (Å²) in [6.45, 7) is 2.66. The molecule has 5 heterocycles. The topological polar surface area (TPSA) is 78.7 Å². The summed E-state index contributed by atoms with van der Waals surface area (Å²) in [7, 11) is 0. The molecule has 34 heavy (non-hydrogen) atoms. The molecule has 2 aromatic heterocycles. The number of piperidine rings is 1. The van der Waals surface area contributed by atoms with Crippen molar-refractivity contribution in [2.75, 3.05) is 19.7 Å². The van der Waals surface area contributed by atoms with Gasteiger partial charge in [-0.05, 0) is 56.2 Å². The van der Waals surface area contributed by atoms with Crippen molar-refractivity contribution >= 4 is 22.8 Å². The predicted octanol–water partition coefficient (Wildman–Crippen LogP) is 3.05. The molecule has 180 valence electrons. The molecular formula is C26H32N4O3S. The monoisotopic (exact) mass is 480 g/mol. The zero-order valence-corrected chi connectivity index (χ0v) is 20.3. The van der Waals surface area contributed by atoms with Crippen molar-refractivity contribution in [2.45, 2.75) is 63.7 Å². The fourth-order valence-corrected chi connectivity index (χ4v) is 7.32. The average Bonchev–Trinajstić information content (AvgIpc) is 3.61. The van der Waals surface area contributed by atoms with Gasteiger partial charge in [0.15, 0.2) is 0 Å². The summed E-state index contributed by atoms with van der Waals surface area (Å²) in [5, 5.41) is 13.5. The van der Waals surface area contributed by atoms with E-state index in [1.54, 1.807) is 11.3 Å². The summed E-state index contributed by atoms with van der Waals surface area (Å²) in [6, 6.07) is 3.74. The first kappa shape index (κ1) is 22.2. The SMILES string of the molecule is O=C([C@@H]1[C@@H](CO)[C@@H]2Cn3c(ccc(C4=CCCC4)c3=O)[C@H]1N2Cc1nccs1)N1CCCCC1. The van der Waals surface area contributed by atoms with E-state index in [0.29, 0.717) is 13.1 Å². The third-order valence-electron chi connectivity index (χ3n) is 8.31. The molecule has 8 heteroatoms. The maximum Gasteiger partial charge on any atom is 0.258 e. The Hall–Kier alpha value is -2.29. The number of nitrogens with zero attached hydrogens (tertiary/aromatic N) is 4. The van der Waals surface area contributed by atoms with Crippen LogP contribution in [0.15, 0.2) is 34.6 Å². The van der Waals surface area contributed by atoms with Gasteiger partial charge in [0, 0.05) is 61.0 Å². The maximum absolute atomic E-state index is 13.9. The van der Waals surface area contributed by atoms with Crippen LogP contribution in [0.4, 0.5) is 0 Å². The van der Waals surface area contributed by atoms with E-state index in [-0.39, 0.29) is 42.0 Å². The predicted molar refractivity (Wildman–Crippen MR) is 131 cm³/mol. The lowest BCUT2D eigenvalue weighted by atomic mass is 9.85. The van der Waals surface area contributed by atoms with Crippen LogP contribution in [0.2, 0.25) is 0 Å². The summed E-state index contributed by atoms with van der Waals surface area (Å²) in [6.07, 6.45) is 10.3. The number of likely N-dealkylation sites (tertiary alicyclic amines) is 1. The highest BCUT2D eigenvalue weighted by Gasteiger charge is 2.56. The number of pyridine rings is 1. The molecule has 0 spiro atoms. The highest BCUT2D eigenvalue weighted by Crippen LogP contribution is 2.50. The lowest BCUT2D eigenvalue weighted by Crippen LogP contribution is -2.46. The molecule has 4 aliphatic rings. The first-order valence-electron chi connectivity index (χ1n) is 12.6. The van der Waals surface area contributed by atoms with Crippen LogP contribution in [0.5, 0.6) is 0 Å². The number of fused-ring (bicyclic) bond motifs is 4. The third kappa shape index (κ3) is 3.58. The number of hydrogen-bond acceptors (Lipinski definition) is 6. The smallest absolute Gasteiger partial charge is 0.258 e. The second-order valence-electron chi connectivity index (χ2n) is 10.1. The Balaban J connectivity index is 1.44. The number of carbonyl (C=O) groups excluding carboxylic acids is 1. The molecule has 2 bridgehead atoms. The van der Waals surface area contributed by atoms with E-state index in [0.717, 1.165) is 73.5 Å². The zero-order valence-electron chi connectivity index (χ0n) is 19.4. The van der Waals surface area contributed by atoms with Crippen molar-refractivity contribution in [1.29, 1.82) is 0 Å². The van der Waals surface area contributed by atoms with Gasteiger partial charge in [-0.3, -0.25) is 14.5 Å². The van der Waals surface area contributed by atoms with Crippen LogP contribution in [0, 0.1) is 11.8 Å². The highest BCUT2D eigenvalue weighted by molar-refractivity contribution is 7.09. The van der Waals surface area contributed by atoms with Crippen molar-refractivity contribution < 1.29 is 9.90 Å². The number of hydrogen-bond donors (Lipinski definition) is 1. The fourth-order valence-electron chi connectivity index (χ4n) is 6.69. The molecule has 1 N–H and O–H groups in total. The molecule has 1 amide bonds. The van der Waals surface area contributed by atoms with Crippen LogP contribution in [-0.2, 0) is 17.9 Å². The molecule has 6 rings (SSSR count). The number of carbonyl (C=O) groups is 1. The first-order valence-corrected chi connectivity index (χ1v) is 13.5. The summed E-state index contributed by atoms with van der Waals surface area (Å²) < 4.78 is 1.91. The van der Waals surface area contributed by atoms with E-state index >= 15 is 0 Å². The fraction of sp³-hybridized carbons (Fsp3) is 0.577. The van der Waals surface area contributed by atoms with E-state index in [2.05, 4.69) is 22.0 Å². The average molecular weight is 481 g/mol. The Morgan fingerprint density at radius 2 is 2.03 bits per heavy atom. The summed E-state index contributed by atoms with van der Waals surface area (Å²) in [5.41, 5.74) is 2.91. The molecule has 0 unspecified atom stereocenters. The molecule has 1 aliphatic carbocycles. The van der Waals surface area contributed by atoms with Gasteiger partial charge < -0.3 is 14.6 Å². The molecule has 0 radical (unpaired) electrons. The second-order valence-corrected chi connectivity index (χ2v) is 11.1. The van der Waals surface area contributed by atoms with Crippen molar-refractivity contribution in [3.8, 4) is 0 Å². The van der Waals surface area contributed by atoms with Gasteiger partial charge in [-0.1, -0.05) is 6.08 Å². The van der Waals surface area contributed by atoms with E-state index in [1.165, 1.54) is 0 Å². The lowest BCUT2D eigenvalue weighted by molar-refractivity contribution is -0.139. The molecule has 0 saturated carbocycles. The van der Waals surface area contributed by atoms with Crippen LogP contribution >= 0.6 is 11.3 Å². The molecule has 3 aliphatic heterocycles.